The highest BCUT2D eigenvalue weighted by atomic mass is 35.5. The largest absolute Gasteiger partial charge is 0.356 e. The molecule has 0 aliphatic rings. The fourth-order valence-corrected chi connectivity index (χ4v) is 3.33. The lowest BCUT2D eigenvalue weighted by atomic mass is 9.84. The normalized spacial score (nSPS) is 12.4. The molecular formula is C19H27ClFN5. The van der Waals surface area contributed by atoms with Gasteiger partial charge in [-0.25, -0.2) is 4.39 Å². The van der Waals surface area contributed by atoms with Crippen LogP contribution in [0.25, 0.3) is 0 Å². The number of hydrogen-bond donors (Lipinski definition) is 2. The second kappa shape index (κ2) is 8.08. The molecule has 1 aromatic heterocycles. The quantitative estimate of drug-likeness (QED) is 0.617. The average Bonchev–Trinajstić information content (AvgIpc) is 2.80. The summed E-state index contributed by atoms with van der Waals surface area (Å²) in [5.74, 6) is 0.362. The third-order valence-corrected chi connectivity index (χ3v) is 4.99. The molecule has 0 unspecified atom stereocenters. The van der Waals surface area contributed by atoms with Crippen LogP contribution in [-0.2, 0) is 19.0 Å². The molecule has 0 radical (unpaired) electrons. The van der Waals surface area contributed by atoms with Crippen LogP contribution in [0.15, 0.2) is 23.2 Å². The highest BCUT2D eigenvalue weighted by Crippen LogP contribution is 2.29. The number of aryl methyl sites for hydroxylation is 2. The van der Waals surface area contributed by atoms with Crippen molar-refractivity contribution in [3.05, 3.63) is 51.6 Å². The number of nitrogens with zero attached hydrogens (tertiary/aromatic N) is 3. The van der Waals surface area contributed by atoms with Crippen LogP contribution in [0.3, 0.4) is 0 Å². The van der Waals surface area contributed by atoms with Crippen LogP contribution in [-0.4, -0.2) is 29.3 Å². The van der Waals surface area contributed by atoms with Crippen molar-refractivity contribution in [1.82, 2.24) is 20.4 Å². The van der Waals surface area contributed by atoms with Crippen LogP contribution in [0.2, 0.25) is 5.02 Å². The molecular weight excluding hydrogens is 353 g/mol. The number of nitrogens with one attached hydrogen (secondary N) is 2. The molecule has 0 bridgehead atoms. The van der Waals surface area contributed by atoms with E-state index < -0.39 is 0 Å². The summed E-state index contributed by atoms with van der Waals surface area (Å²) in [6.07, 6.45) is 0. The molecule has 142 valence electrons. The molecule has 2 N–H and O–H groups in total. The molecule has 0 fully saturated rings. The fraction of sp³-hybridized carbons (Fsp3) is 0.474. The smallest absolute Gasteiger partial charge is 0.191 e. The lowest BCUT2D eigenvalue weighted by molar-refractivity contribution is 0.507. The van der Waals surface area contributed by atoms with Crippen molar-refractivity contribution in [2.75, 3.05) is 13.6 Å². The summed E-state index contributed by atoms with van der Waals surface area (Å²) in [6.45, 7) is 9.41. The zero-order chi connectivity index (χ0) is 19.5. The minimum atomic E-state index is -0.331. The highest BCUT2D eigenvalue weighted by Gasteiger charge is 2.24. The van der Waals surface area contributed by atoms with E-state index in [2.05, 4.69) is 34.6 Å². The predicted molar refractivity (Wildman–Crippen MR) is 105 cm³/mol. The number of rotatable bonds is 5. The molecule has 1 aromatic carbocycles. The zero-order valence-electron chi connectivity index (χ0n) is 16.2. The Balaban J connectivity index is 2.01. The molecule has 1 heterocycles. The van der Waals surface area contributed by atoms with Crippen molar-refractivity contribution in [1.29, 1.82) is 0 Å². The SMILES string of the molecule is CN=C(NCc1c(C)nn(C)c1C)NCC(C)(C)c1ccc(F)cc1Cl. The summed E-state index contributed by atoms with van der Waals surface area (Å²) in [4.78, 5) is 4.28. The molecule has 0 amide bonds. The van der Waals surface area contributed by atoms with Gasteiger partial charge in [0.2, 0.25) is 0 Å². The second-order valence-corrected chi connectivity index (χ2v) is 7.47. The van der Waals surface area contributed by atoms with Crippen LogP contribution >= 0.6 is 11.6 Å². The van der Waals surface area contributed by atoms with Crippen molar-refractivity contribution in [3.8, 4) is 0 Å². The van der Waals surface area contributed by atoms with Crippen molar-refractivity contribution >= 4 is 17.6 Å². The van der Waals surface area contributed by atoms with Gasteiger partial charge in [0.05, 0.1) is 5.69 Å². The maximum atomic E-state index is 13.3. The molecule has 0 saturated carbocycles. The molecule has 0 saturated heterocycles. The van der Waals surface area contributed by atoms with E-state index in [4.69, 9.17) is 11.6 Å². The Morgan fingerprint density at radius 1 is 1.31 bits per heavy atom. The van der Waals surface area contributed by atoms with Gasteiger partial charge in [0.25, 0.3) is 0 Å². The summed E-state index contributed by atoms with van der Waals surface area (Å²) in [7, 11) is 3.67. The van der Waals surface area contributed by atoms with Gasteiger partial charge in [-0.1, -0.05) is 31.5 Å². The Morgan fingerprint density at radius 2 is 2.00 bits per heavy atom. The monoisotopic (exact) mass is 379 g/mol. The van der Waals surface area contributed by atoms with Gasteiger partial charge in [-0.05, 0) is 31.5 Å². The number of aliphatic imine (C=N–C) groups is 1. The lowest BCUT2D eigenvalue weighted by Gasteiger charge is -2.27. The standard InChI is InChI=1S/C19H27ClFN5/c1-12-15(13(2)26(6)25-12)10-23-18(22-5)24-11-19(3,4)16-8-7-14(21)9-17(16)20/h7-9H,10-11H2,1-6H3,(H2,22,23,24). The minimum absolute atomic E-state index is 0.289. The fourth-order valence-electron chi connectivity index (χ4n) is 2.90. The minimum Gasteiger partial charge on any atom is -0.356 e. The number of hydrogen-bond acceptors (Lipinski definition) is 2. The molecule has 0 spiro atoms. The molecule has 2 aromatic rings. The Labute approximate surface area is 159 Å². The number of guanidine groups is 1. The first-order chi connectivity index (χ1) is 12.2. The van der Waals surface area contributed by atoms with Crippen LogP contribution in [0, 0.1) is 19.7 Å². The Morgan fingerprint density at radius 3 is 2.54 bits per heavy atom. The van der Waals surface area contributed by atoms with E-state index in [9.17, 15) is 4.39 Å². The zero-order valence-corrected chi connectivity index (χ0v) is 17.0. The lowest BCUT2D eigenvalue weighted by Crippen LogP contribution is -2.43. The van der Waals surface area contributed by atoms with Gasteiger partial charge in [0.15, 0.2) is 5.96 Å². The molecule has 26 heavy (non-hydrogen) atoms. The molecule has 7 heteroatoms. The molecule has 2 rings (SSSR count). The maximum absolute atomic E-state index is 13.3. The molecule has 0 aliphatic carbocycles. The van der Waals surface area contributed by atoms with Crippen LogP contribution in [0.1, 0.15) is 36.4 Å². The molecule has 0 atom stereocenters. The maximum Gasteiger partial charge on any atom is 0.191 e. The van der Waals surface area contributed by atoms with Crippen molar-refractivity contribution in [3.63, 3.8) is 0 Å². The van der Waals surface area contributed by atoms with Crippen molar-refractivity contribution < 1.29 is 4.39 Å². The van der Waals surface area contributed by atoms with Crippen LogP contribution < -0.4 is 10.6 Å². The second-order valence-electron chi connectivity index (χ2n) is 7.06. The first-order valence-electron chi connectivity index (χ1n) is 8.55. The Kier molecular flexibility index (Phi) is 6.29. The topological polar surface area (TPSA) is 54.2 Å². The van der Waals surface area contributed by atoms with Gasteiger partial charge in [-0.15, -0.1) is 0 Å². The summed E-state index contributed by atoms with van der Waals surface area (Å²) in [6, 6.07) is 4.52. The predicted octanol–water partition coefficient (Wildman–Crippen LogP) is 3.47. The van der Waals surface area contributed by atoms with Gasteiger partial charge >= 0.3 is 0 Å². The van der Waals surface area contributed by atoms with E-state index in [1.165, 1.54) is 12.1 Å². The first-order valence-corrected chi connectivity index (χ1v) is 8.92. The Hall–Kier alpha value is -2.08. The van der Waals surface area contributed by atoms with Crippen LogP contribution in [0.5, 0.6) is 0 Å². The van der Waals surface area contributed by atoms with Gasteiger partial charge in [-0.3, -0.25) is 9.67 Å². The van der Waals surface area contributed by atoms with Crippen molar-refractivity contribution in [2.45, 2.75) is 39.7 Å². The highest BCUT2D eigenvalue weighted by molar-refractivity contribution is 6.31. The van der Waals surface area contributed by atoms with Gasteiger partial charge < -0.3 is 10.6 Å². The van der Waals surface area contributed by atoms with E-state index in [1.807, 2.05) is 25.6 Å². The number of halogens is 2. The van der Waals surface area contributed by atoms with Gasteiger partial charge in [0.1, 0.15) is 5.82 Å². The summed E-state index contributed by atoms with van der Waals surface area (Å²) >= 11 is 6.22. The van der Waals surface area contributed by atoms with Gasteiger partial charge in [0, 0.05) is 48.9 Å². The van der Waals surface area contributed by atoms with Crippen LogP contribution in [0.4, 0.5) is 4.39 Å². The number of benzene rings is 1. The van der Waals surface area contributed by atoms with E-state index >= 15 is 0 Å². The van der Waals surface area contributed by atoms with E-state index in [0.717, 1.165) is 22.5 Å². The first kappa shape index (κ1) is 20.2. The Bertz CT molecular complexity index is 811. The molecule has 0 aliphatic heterocycles. The molecule has 5 nitrogen and oxygen atoms in total. The summed E-state index contributed by atoms with van der Waals surface area (Å²) in [5, 5.41) is 11.5. The third kappa shape index (κ3) is 4.55. The third-order valence-electron chi connectivity index (χ3n) is 4.67. The van der Waals surface area contributed by atoms with E-state index in [0.29, 0.717) is 24.1 Å². The number of aromatic nitrogens is 2. The van der Waals surface area contributed by atoms with Gasteiger partial charge in [-0.2, -0.15) is 5.10 Å². The summed E-state index contributed by atoms with van der Waals surface area (Å²) in [5.41, 5.74) is 3.90. The average molecular weight is 380 g/mol. The van der Waals surface area contributed by atoms with E-state index in [1.54, 1.807) is 13.1 Å². The van der Waals surface area contributed by atoms with Crippen molar-refractivity contribution in [2.24, 2.45) is 12.0 Å². The van der Waals surface area contributed by atoms with E-state index in [-0.39, 0.29) is 11.2 Å². The summed E-state index contributed by atoms with van der Waals surface area (Å²) < 4.78 is 15.2.